The Morgan fingerprint density at radius 2 is 1.85 bits per heavy atom. The molecule has 2 nitrogen and oxygen atoms in total. The van der Waals surface area contributed by atoms with E-state index in [1.807, 2.05) is 0 Å². The number of carboxylic acids is 1. The molecule has 1 fully saturated rings. The second-order valence-corrected chi connectivity index (χ2v) is 4.33. The molecule has 0 spiro atoms. The highest BCUT2D eigenvalue weighted by Crippen LogP contribution is 2.30. The lowest BCUT2D eigenvalue weighted by Crippen LogP contribution is -2.14. The van der Waals surface area contributed by atoms with E-state index in [2.05, 4.69) is 6.92 Å². The largest absolute Gasteiger partial charge is 0.481 e. The molecule has 0 heterocycles. The molecular weight excluding hydrogens is 164 g/mol. The van der Waals surface area contributed by atoms with Crippen molar-refractivity contribution in [2.24, 2.45) is 11.8 Å². The summed E-state index contributed by atoms with van der Waals surface area (Å²) >= 11 is 0. The molecule has 1 aliphatic rings. The molecule has 0 aromatic rings. The summed E-state index contributed by atoms with van der Waals surface area (Å²) < 4.78 is 0. The van der Waals surface area contributed by atoms with Gasteiger partial charge in [0, 0.05) is 6.42 Å². The lowest BCUT2D eigenvalue weighted by Gasteiger charge is -2.20. The van der Waals surface area contributed by atoms with Gasteiger partial charge in [0.2, 0.25) is 0 Å². The second kappa shape index (κ2) is 5.25. The van der Waals surface area contributed by atoms with Gasteiger partial charge in [-0.1, -0.05) is 45.4 Å². The summed E-state index contributed by atoms with van der Waals surface area (Å²) in [4.78, 5) is 10.5. The van der Waals surface area contributed by atoms with Gasteiger partial charge >= 0.3 is 5.97 Å². The van der Waals surface area contributed by atoms with Gasteiger partial charge in [-0.15, -0.1) is 0 Å². The zero-order valence-corrected chi connectivity index (χ0v) is 8.46. The molecule has 2 heteroatoms. The van der Waals surface area contributed by atoms with Crippen molar-refractivity contribution in [3.63, 3.8) is 0 Å². The van der Waals surface area contributed by atoms with E-state index in [-0.39, 0.29) is 0 Å². The van der Waals surface area contributed by atoms with Crippen LogP contribution >= 0.6 is 0 Å². The van der Waals surface area contributed by atoms with Gasteiger partial charge in [0.05, 0.1) is 0 Å². The van der Waals surface area contributed by atoms with Crippen LogP contribution in [0.4, 0.5) is 0 Å². The molecule has 0 aromatic carbocycles. The van der Waals surface area contributed by atoms with E-state index in [4.69, 9.17) is 5.11 Å². The van der Waals surface area contributed by atoms with Crippen LogP contribution in [0.1, 0.15) is 51.9 Å². The van der Waals surface area contributed by atoms with Crippen molar-refractivity contribution < 1.29 is 9.90 Å². The highest BCUT2D eigenvalue weighted by atomic mass is 16.4. The van der Waals surface area contributed by atoms with Gasteiger partial charge in [0.1, 0.15) is 0 Å². The number of hydrogen-bond donors (Lipinski definition) is 1. The van der Waals surface area contributed by atoms with Crippen LogP contribution < -0.4 is 0 Å². The minimum absolute atomic E-state index is 0.352. The fourth-order valence-electron chi connectivity index (χ4n) is 2.32. The topological polar surface area (TPSA) is 37.3 Å². The molecule has 1 aliphatic carbocycles. The van der Waals surface area contributed by atoms with Gasteiger partial charge in [0.25, 0.3) is 0 Å². The van der Waals surface area contributed by atoms with Crippen molar-refractivity contribution in [1.82, 2.24) is 0 Å². The lowest BCUT2D eigenvalue weighted by molar-refractivity contribution is -0.138. The SMILES string of the molecule is CC(CC(=O)O)C1CCCCCC1. The predicted octanol–water partition coefficient (Wildman–Crippen LogP) is 3.07. The smallest absolute Gasteiger partial charge is 0.303 e. The first kappa shape index (κ1) is 10.6. The Bertz CT molecular complexity index is 157. The van der Waals surface area contributed by atoms with Crippen LogP contribution in [0.3, 0.4) is 0 Å². The molecule has 1 unspecified atom stereocenters. The summed E-state index contributed by atoms with van der Waals surface area (Å²) in [5, 5.41) is 8.68. The molecule has 76 valence electrons. The Hall–Kier alpha value is -0.530. The lowest BCUT2D eigenvalue weighted by atomic mass is 9.85. The van der Waals surface area contributed by atoms with Gasteiger partial charge in [-0.3, -0.25) is 4.79 Å². The van der Waals surface area contributed by atoms with Gasteiger partial charge in [-0.25, -0.2) is 0 Å². The number of rotatable bonds is 3. The minimum Gasteiger partial charge on any atom is -0.481 e. The third-order valence-corrected chi connectivity index (χ3v) is 3.20. The maximum absolute atomic E-state index is 10.5. The summed E-state index contributed by atoms with van der Waals surface area (Å²) in [5.74, 6) is 0.394. The van der Waals surface area contributed by atoms with E-state index in [1.54, 1.807) is 0 Å². The Morgan fingerprint density at radius 1 is 1.31 bits per heavy atom. The molecule has 1 saturated carbocycles. The van der Waals surface area contributed by atoms with Gasteiger partial charge < -0.3 is 5.11 Å². The van der Waals surface area contributed by atoms with Crippen LogP contribution in [-0.4, -0.2) is 11.1 Å². The van der Waals surface area contributed by atoms with Crippen molar-refractivity contribution in [2.75, 3.05) is 0 Å². The summed E-state index contributed by atoms with van der Waals surface area (Å²) in [6.45, 7) is 2.09. The Labute approximate surface area is 80.3 Å². The molecule has 0 aromatic heterocycles. The highest BCUT2D eigenvalue weighted by molar-refractivity contribution is 5.66. The van der Waals surface area contributed by atoms with Crippen molar-refractivity contribution in [3.8, 4) is 0 Å². The van der Waals surface area contributed by atoms with E-state index in [1.165, 1.54) is 38.5 Å². The average molecular weight is 184 g/mol. The van der Waals surface area contributed by atoms with Crippen molar-refractivity contribution in [1.29, 1.82) is 0 Å². The summed E-state index contributed by atoms with van der Waals surface area (Å²) in [6, 6.07) is 0. The maximum Gasteiger partial charge on any atom is 0.303 e. The van der Waals surface area contributed by atoms with Crippen LogP contribution in [0.2, 0.25) is 0 Å². The summed E-state index contributed by atoms with van der Waals surface area (Å²) in [5.41, 5.74) is 0. The van der Waals surface area contributed by atoms with E-state index in [0.29, 0.717) is 18.3 Å². The number of carboxylic acid groups (broad SMARTS) is 1. The highest BCUT2D eigenvalue weighted by Gasteiger charge is 2.20. The first-order valence-electron chi connectivity index (χ1n) is 5.42. The Balaban J connectivity index is 2.34. The molecule has 0 radical (unpaired) electrons. The third kappa shape index (κ3) is 3.79. The van der Waals surface area contributed by atoms with Crippen molar-refractivity contribution in [3.05, 3.63) is 0 Å². The molecule has 13 heavy (non-hydrogen) atoms. The van der Waals surface area contributed by atoms with Crippen molar-refractivity contribution >= 4 is 5.97 Å². The van der Waals surface area contributed by atoms with E-state index < -0.39 is 5.97 Å². The van der Waals surface area contributed by atoms with E-state index >= 15 is 0 Å². The monoisotopic (exact) mass is 184 g/mol. The Kier molecular flexibility index (Phi) is 4.26. The van der Waals surface area contributed by atoms with Gasteiger partial charge in [-0.05, 0) is 11.8 Å². The molecule has 0 saturated heterocycles. The molecule has 0 bridgehead atoms. The maximum atomic E-state index is 10.5. The molecule has 0 amide bonds. The third-order valence-electron chi connectivity index (χ3n) is 3.20. The molecule has 1 rings (SSSR count). The molecular formula is C11H20O2. The fraction of sp³-hybridized carbons (Fsp3) is 0.909. The van der Waals surface area contributed by atoms with Crippen LogP contribution in [0.25, 0.3) is 0 Å². The van der Waals surface area contributed by atoms with E-state index in [0.717, 1.165) is 0 Å². The number of carbonyl (C=O) groups is 1. The quantitative estimate of drug-likeness (QED) is 0.684. The standard InChI is InChI=1S/C11H20O2/c1-9(8-11(12)13)10-6-4-2-3-5-7-10/h9-10H,2-8H2,1H3,(H,12,13). The van der Waals surface area contributed by atoms with Gasteiger partial charge in [-0.2, -0.15) is 0 Å². The predicted molar refractivity (Wildman–Crippen MR) is 52.6 cm³/mol. The van der Waals surface area contributed by atoms with Crippen LogP contribution in [-0.2, 0) is 4.79 Å². The number of aliphatic carboxylic acids is 1. The first-order valence-corrected chi connectivity index (χ1v) is 5.42. The van der Waals surface area contributed by atoms with Gasteiger partial charge in [0.15, 0.2) is 0 Å². The average Bonchev–Trinajstić information content (AvgIpc) is 2.29. The molecule has 1 atom stereocenters. The minimum atomic E-state index is -0.642. The normalized spacial score (nSPS) is 22.2. The van der Waals surface area contributed by atoms with Crippen LogP contribution in [0, 0.1) is 11.8 Å². The van der Waals surface area contributed by atoms with Crippen LogP contribution in [0.5, 0.6) is 0 Å². The number of hydrogen-bond acceptors (Lipinski definition) is 1. The first-order chi connectivity index (χ1) is 6.20. The zero-order chi connectivity index (χ0) is 9.68. The summed E-state index contributed by atoms with van der Waals surface area (Å²) in [7, 11) is 0. The Morgan fingerprint density at radius 3 is 2.31 bits per heavy atom. The summed E-state index contributed by atoms with van der Waals surface area (Å²) in [6.07, 6.45) is 8.13. The van der Waals surface area contributed by atoms with Crippen LogP contribution in [0.15, 0.2) is 0 Å². The second-order valence-electron chi connectivity index (χ2n) is 4.33. The van der Waals surface area contributed by atoms with E-state index in [9.17, 15) is 4.79 Å². The molecule has 1 N–H and O–H groups in total. The van der Waals surface area contributed by atoms with Crippen molar-refractivity contribution in [2.45, 2.75) is 51.9 Å². The zero-order valence-electron chi connectivity index (χ0n) is 8.46. The molecule has 0 aliphatic heterocycles. The fourth-order valence-corrected chi connectivity index (χ4v) is 2.32.